The highest BCUT2D eigenvalue weighted by molar-refractivity contribution is 5.55. The first-order chi connectivity index (χ1) is 13.1. The van der Waals surface area contributed by atoms with Crippen LogP contribution in [-0.2, 0) is 6.42 Å². The second kappa shape index (κ2) is 6.24. The van der Waals surface area contributed by atoms with Gasteiger partial charge in [-0.3, -0.25) is 0 Å². The fourth-order valence-corrected chi connectivity index (χ4v) is 6.33. The molecule has 2 aromatic rings. The fourth-order valence-electron chi connectivity index (χ4n) is 6.33. The van der Waals surface area contributed by atoms with Crippen LogP contribution in [0.1, 0.15) is 55.2 Å². The Bertz CT molecular complexity index is 884. The Morgan fingerprint density at radius 2 is 1.89 bits per heavy atom. The van der Waals surface area contributed by atoms with E-state index in [9.17, 15) is 10.2 Å². The SMILES string of the molecule is C[C@@]12CC[C@@H]3c4ccc(O)cc4CC[C@@H]3[C@@H]1C/C(=C\c1ccccc1)[C@@H]2O. The van der Waals surface area contributed by atoms with E-state index in [0.29, 0.717) is 23.5 Å². The molecule has 0 spiro atoms. The summed E-state index contributed by atoms with van der Waals surface area (Å²) in [6, 6.07) is 16.4. The van der Waals surface area contributed by atoms with Gasteiger partial charge in [0.25, 0.3) is 0 Å². The van der Waals surface area contributed by atoms with Crippen LogP contribution in [0.3, 0.4) is 0 Å². The van der Waals surface area contributed by atoms with Gasteiger partial charge in [0.05, 0.1) is 6.10 Å². The summed E-state index contributed by atoms with van der Waals surface area (Å²) < 4.78 is 0. The number of phenolic OH excluding ortho intramolecular Hbond substituents is 1. The van der Waals surface area contributed by atoms with E-state index in [1.54, 1.807) is 0 Å². The van der Waals surface area contributed by atoms with E-state index < -0.39 is 0 Å². The average molecular weight is 360 g/mol. The molecule has 0 heterocycles. The topological polar surface area (TPSA) is 40.5 Å². The molecule has 0 amide bonds. The van der Waals surface area contributed by atoms with Gasteiger partial charge in [-0.15, -0.1) is 0 Å². The lowest BCUT2D eigenvalue weighted by Crippen LogP contribution is -2.44. The quantitative estimate of drug-likeness (QED) is 0.724. The van der Waals surface area contributed by atoms with E-state index in [4.69, 9.17) is 0 Å². The molecule has 2 aromatic carbocycles. The minimum atomic E-state index is -0.329. The Morgan fingerprint density at radius 3 is 2.70 bits per heavy atom. The van der Waals surface area contributed by atoms with Crippen molar-refractivity contribution in [2.45, 2.75) is 51.0 Å². The van der Waals surface area contributed by atoms with E-state index in [0.717, 1.165) is 25.7 Å². The summed E-state index contributed by atoms with van der Waals surface area (Å²) in [4.78, 5) is 0. The van der Waals surface area contributed by atoms with E-state index >= 15 is 0 Å². The lowest BCUT2D eigenvalue weighted by atomic mass is 9.55. The predicted molar refractivity (Wildman–Crippen MR) is 109 cm³/mol. The number of phenols is 1. The third-order valence-corrected chi connectivity index (χ3v) is 7.73. The molecule has 5 rings (SSSR count). The van der Waals surface area contributed by atoms with Crippen LogP contribution in [0.2, 0.25) is 0 Å². The minimum Gasteiger partial charge on any atom is -0.508 e. The van der Waals surface area contributed by atoms with Gasteiger partial charge >= 0.3 is 0 Å². The molecule has 2 nitrogen and oxygen atoms in total. The zero-order chi connectivity index (χ0) is 18.6. The number of rotatable bonds is 1. The van der Waals surface area contributed by atoms with E-state index in [2.05, 4.69) is 43.3 Å². The van der Waals surface area contributed by atoms with Crippen LogP contribution in [-0.4, -0.2) is 16.3 Å². The molecule has 5 atom stereocenters. The summed E-state index contributed by atoms with van der Waals surface area (Å²) in [7, 11) is 0. The van der Waals surface area contributed by atoms with E-state index in [-0.39, 0.29) is 11.5 Å². The van der Waals surface area contributed by atoms with Gasteiger partial charge < -0.3 is 10.2 Å². The Labute approximate surface area is 161 Å². The monoisotopic (exact) mass is 360 g/mol. The summed E-state index contributed by atoms with van der Waals surface area (Å²) in [5.74, 6) is 2.15. The van der Waals surface area contributed by atoms with Gasteiger partial charge in [-0.25, -0.2) is 0 Å². The van der Waals surface area contributed by atoms with Gasteiger partial charge in [0.2, 0.25) is 0 Å². The van der Waals surface area contributed by atoms with Crippen LogP contribution in [0.4, 0.5) is 0 Å². The molecule has 0 unspecified atom stereocenters. The zero-order valence-corrected chi connectivity index (χ0v) is 15.9. The first-order valence-electron chi connectivity index (χ1n) is 10.3. The molecule has 27 heavy (non-hydrogen) atoms. The molecule has 2 N–H and O–H groups in total. The van der Waals surface area contributed by atoms with Crippen LogP contribution < -0.4 is 0 Å². The number of fused-ring (bicyclic) bond motifs is 5. The third-order valence-electron chi connectivity index (χ3n) is 7.73. The van der Waals surface area contributed by atoms with Gasteiger partial charge in [-0.05, 0) is 84.3 Å². The van der Waals surface area contributed by atoms with Crippen molar-refractivity contribution in [1.29, 1.82) is 0 Å². The van der Waals surface area contributed by atoms with Crippen molar-refractivity contribution in [3.63, 3.8) is 0 Å². The maximum Gasteiger partial charge on any atom is 0.115 e. The summed E-state index contributed by atoms with van der Waals surface area (Å²) in [6.45, 7) is 2.32. The smallest absolute Gasteiger partial charge is 0.115 e. The summed E-state index contributed by atoms with van der Waals surface area (Å²) in [6.07, 6.45) is 7.35. The van der Waals surface area contributed by atoms with Gasteiger partial charge in [0.1, 0.15) is 5.75 Å². The second-order valence-electron chi connectivity index (χ2n) is 9.08. The summed E-state index contributed by atoms with van der Waals surface area (Å²) in [5.41, 5.74) is 5.18. The normalized spacial score (nSPS) is 36.1. The maximum atomic E-state index is 11.2. The second-order valence-corrected chi connectivity index (χ2v) is 9.08. The van der Waals surface area contributed by atoms with Gasteiger partial charge in [-0.2, -0.15) is 0 Å². The Morgan fingerprint density at radius 1 is 1.07 bits per heavy atom. The van der Waals surface area contributed by atoms with Gasteiger partial charge in [-0.1, -0.05) is 49.4 Å². The molecule has 140 valence electrons. The van der Waals surface area contributed by atoms with Crippen LogP contribution in [0.5, 0.6) is 5.75 Å². The molecule has 3 aliphatic rings. The number of aryl methyl sites for hydroxylation is 1. The van der Waals surface area contributed by atoms with Crippen LogP contribution in [0.15, 0.2) is 54.1 Å². The highest BCUT2D eigenvalue weighted by Gasteiger charge is 2.56. The molecule has 3 aliphatic carbocycles. The third kappa shape index (κ3) is 2.65. The van der Waals surface area contributed by atoms with Crippen molar-refractivity contribution >= 4 is 6.08 Å². The Balaban J connectivity index is 1.49. The molecule has 2 fully saturated rings. The Kier molecular flexibility index (Phi) is 3.94. The molecule has 2 saturated carbocycles. The van der Waals surface area contributed by atoms with Crippen LogP contribution >= 0.6 is 0 Å². The number of aliphatic hydroxyl groups is 1. The number of aliphatic hydroxyl groups excluding tert-OH is 1. The average Bonchev–Trinajstić information content (AvgIpc) is 2.93. The van der Waals surface area contributed by atoms with Crippen molar-refractivity contribution in [3.05, 3.63) is 70.8 Å². The standard InChI is InChI=1S/C25H28O2/c1-25-12-11-21-20-10-8-19(26)14-17(20)7-9-22(21)23(25)15-18(24(25)27)13-16-5-3-2-4-6-16/h2-6,8,10,13-14,21-24,26-27H,7,9,11-12,15H2,1H3/b18-13+/t21-,22+,23+,24+,25-/m1/s1. The predicted octanol–water partition coefficient (Wildman–Crippen LogP) is 5.30. The maximum absolute atomic E-state index is 11.2. The molecule has 0 aliphatic heterocycles. The van der Waals surface area contributed by atoms with Crippen molar-refractivity contribution in [2.24, 2.45) is 17.3 Å². The molecule has 2 heteroatoms. The molecular weight excluding hydrogens is 332 g/mol. The number of aromatic hydroxyl groups is 1. The van der Waals surface area contributed by atoms with Crippen molar-refractivity contribution in [1.82, 2.24) is 0 Å². The van der Waals surface area contributed by atoms with Crippen LogP contribution in [0.25, 0.3) is 6.08 Å². The largest absolute Gasteiger partial charge is 0.508 e. The van der Waals surface area contributed by atoms with E-state index in [1.807, 2.05) is 18.2 Å². The highest BCUT2D eigenvalue weighted by Crippen LogP contribution is 2.62. The molecule has 0 bridgehead atoms. The molecule has 0 saturated heterocycles. The van der Waals surface area contributed by atoms with Crippen molar-refractivity contribution in [2.75, 3.05) is 0 Å². The first-order valence-corrected chi connectivity index (χ1v) is 10.3. The molecule has 0 aromatic heterocycles. The number of hydrogen-bond acceptors (Lipinski definition) is 2. The fraction of sp³-hybridized carbons (Fsp3) is 0.440. The highest BCUT2D eigenvalue weighted by atomic mass is 16.3. The zero-order valence-electron chi connectivity index (χ0n) is 15.9. The lowest BCUT2D eigenvalue weighted by molar-refractivity contribution is -0.0158. The molecular formula is C25H28O2. The lowest BCUT2D eigenvalue weighted by Gasteiger charge is -2.49. The van der Waals surface area contributed by atoms with Gasteiger partial charge in [0, 0.05) is 5.41 Å². The Hall–Kier alpha value is -2.06. The number of hydrogen-bond donors (Lipinski definition) is 2. The minimum absolute atomic E-state index is 0.00377. The van der Waals surface area contributed by atoms with Crippen molar-refractivity contribution < 1.29 is 10.2 Å². The summed E-state index contributed by atoms with van der Waals surface area (Å²) >= 11 is 0. The molecule has 0 radical (unpaired) electrons. The van der Waals surface area contributed by atoms with E-state index in [1.165, 1.54) is 28.7 Å². The van der Waals surface area contributed by atoms with Crippen LogP contribution in [0, 0.1) is 17.3 Å². The number of benzene rings is 2. The first kappa shape index (κ1) is 17.1. The van der Waals surface area contributed by atoms with Crippen molar-refractivity contribution in [3.8, 4) is 5.75 Å². The summed E-state index contributed by atoms with van der Waals surface area (Å²) in [5, 5.41) is 21.1. The van der Waals surface area contributed by atoms with Gasteiger partial charge in [0.15, 0.2) is 0 Å².